The molecule has 2 rings (SSSR count). The van der Waals surface area contributed by atoms with E-state index in [9.17, 15) is 0 Å². The molecule has 1 aliphatic heterocycles. The van der Waals surface area contributed by atoms with Gasteiger partial charge in [-0.05, 0) is 30.5 Å². The lowest BCUT2D eigenvalue weighted by Gasteiger charge is -2.41. The molecule has 1 N–H and O–H groups in total. The molecule has 17 heavy (non-hydrogen) atoms. The fourth-order valence-corrected chi connectivity index (χ4v) is 2.86. The Labute approximate surface area is 113 Å². The van der Waals surface area contributed by atoms with Crippen LogP contribution in [0.2, 0.25) is 0 Å². The highest BCUT2D eigenvalue weighted by molar-refractivity contribution is 9.10. The van der Waals surface area contributed by atoms with Crippen molar-refractivity contribution < 1.29 is 0 Å². The van der Waals surface area contributed by atoms with E-state index >= 15 is 0 Å². The number of benzene rings is 1. The average molecular weight is 297 g/mol. The van der Waals surface area contributed by atoms with Crippen molar-refractivity contribution in [3.8, 4) is 0 Å². The van der Waals surface area contributed by atoms with E-state index in [1.807, 2.05) is 0 Å². The average Bonchev–Trinajstić information content (AvgIpc) is 2.32. The zero-order valence-electron chi connectivity index (χ0n) is 10.8. The molecule has 1 aliphatic rings. The molecule has 94 valence electrons. The largest absolute Gasteiger partial charge is 0.365 e. The van der Waals surface area contributed by atoms with E-state index in [0.29, 0.717) is 12.0 Å². The Balaban J connectivity index is 2.32. The molecule has 1 saturated heterocycles. The summed E-state index contributed by atoms with van der Waals surface area (Å²) >= 11 is 3.58. The topological polar surface area (TPSA) is 15.3 Å². The first kappa shape index (κ1) is 12.9. The van der Waals surface area contributed by atoms with Crippen molar-refractivity contribution in [3.05, 3.63) is 28.2 Å². The summed E-state index contributed by atoms with van der Waals surface area (Å²) in [6.07, 6.45) is 0. The van der Waals surface area contributed by atoms with Crippen molar-refractivity contribution in [2.24, 2.45) is 5.92 Å². The Bertz CT molecular complexity index is 390. The van der Waals surface area contributed by atoms with Gasteiger partial charge in [0, 0.05) is 35.8 Å². The highest BCUT2D eigenvalue weighted by Crippen LogP contribution is 2.28. The number of nitrogens with one attached hydrogen (secondary N) is 1. The summed E-state index contributed by atoms with van der Waals surface area (Å²) in [6, 6.07) is 7.15. The van der Waals surface area contributed by atoms with E-state index in [1.165, 1.54) is 15.7 Å². The van der Waals surface area contributed by atoms with Crippen LogP contribution in [0.5, 0.6) is 0 Å². The molecular formula is C14H21BrN2. The van der Waals surface area contributed by atoms with Gasteiger partial charge in [0.05, 0.1) is 0 Å². The standard InChI is InChI=1S/C14H21BrN2/c1-10(2)14-9-16-6-7-17(14)13-8-12(15)5-4-11(13)3/h4-5,8,10,14,16H,6-7,9H2,1-3H3. The summed E-state index contributed by atoms with van der Waals surface area (Å²) in [5.41, 5.74) is 2.74. The SMILES string of the molecule is Cc1ccc(Br)cc1N1CCNCC1C(C)C. The molecule has 1 atom stereocenters. The molecular weight excluding hydrogens is 276 g/mol. The zero-order chi connectivity index (χ0) is 12.4. The number of aryl methyl sites for hydroxylation is 1. The second kappa shape index (κ2) is 5.40. The molecule has 1 heterocycles. The molecule has 0 radical (unpaired) electrons. The number of rotatable bonds is 2. The van der Waals surface area contributed by atoms with Crippen molar-refractivity contribution in [3.63, 3.8) is 0 Å². The maximum Gasteiger partial charge on any atom is 0.0438 e. The smallest absolute Gasteiger partial charge is 0.0438 e. The van der Waals surface area contributed by atoms with Gasteiger partial charge < -0.3 is 10.2 Å². The van der Waals surface area contributed by atoms with Gasteiger partial charge in [-0.15, -0.1) is 0 Å². The number of anilines is 1. The van der Waals surface area contributed by atoms with Crippen molar-refractivity contribution in [2.75, 3.05) is 24.5 Å². The first-order valence-corrected chi connectivity index (χ1v) is 7.12. The van der Waals surface area contributed by atoms with Crippen molar-refractivity contribution in [2.45, 2.75) is 26.8 Å². The summed E-state index contributed by atoms with van der Waals surface area (Å²) in [6.45, 7) is 10.1. The molecule has 1 aromatic rings. The van der Waals surface area contributed by atoms with Gasteiger partial charge in [0.15, 0.2) is 0 Å². The first-order chi connectivity index (χ1) is 8.09. The summed E-state index contributed by atoms with van der Waals surface area (Å²) in [5.74, 6) is 0.668. The van der Waals surface area contributed by atoms with Gasteiger partial charge in [0.2, 0.25) is 0 Å². The predicted molar refractivity (Wildman–Crippen MR) is 77.7 cm³/mol. The van der Waals surface area contributed by atoms with E-state index in [-0.39, 0.29) is 0 Å². The number of hydrogen-bond donors (Lipinski definition) is 1. The summed E-state index contributed by atoms with van der Waals surface area (Å²) < 4.78 is 1.17. The van der Waals surface area contributed by atoms with Crippen LogP contribution in [0.4, 0.5) is 5.69 Å². The first-order valence-electron chi connectivity index (χ1n) is 6.33. The van der Waals surface area contributed by atoms with Gasteiger partial charge in [0.1, 0.15) is 0 Å². The third-order valence-corrected chi connectivity index (χ3v) is 4.03. The summed E-state index contributed by atoms with van der Waals surface area (Å²) in [5, 5.41) is 3.50. The van der Waals surface area contributed by atoms with Crippen LogP contribution in [0.15, 0.2) is 22.7 Å². The van der Waals surface area contributed by atoms with E-state index in [0.717, 1.165) is 19.6 Å². The Morgan fingerprint density at radius 3 is 2.88 bits per heavy atom. The normalized spacial score (nSPS) is 21.0. The molecule has 1 fully saturated rings. The molecule has 1 unspecified atom stereocenters. The Kier molecular flexibility index (Phi) is 4.10. The van der Waals surface area contributed by atoms with Crippen molar-refractivity contribution in [1.29, 1.82) is 0 Å². The molecule has 0 aromatic heterocycles. The monoisotopic (exact) mass is 296 g/mol. The fraction of sp³-hybridized carbons (Fsp3) is 0.571. The lowest BCUT2D eigenvalue weighted by atomic mass is 9.99. The predicted octanol–water partition coefficient (Wildman–Crippen LogP) is 3.19. The lowest BCUT2D eigenvalue weighted by molar-refractivity contribution is 0.390. The highest BCUT2D eigenvalue weighted by Gasteiger charge is 2.25. The van der Waals surface area contributed by atoms with Gasteiger partial charge in [-0.25, -0.2) is 0 Å². The minimum atomic E-state index is 0.594. The van der Waals surface area contributed by atoms with Gasteiger partial charge in [-0.2, -0.15) is 0 Å². The minimum absolute atomic E-state index is 0.594. The lowest BCUT2D eigenvalue weighted by Crippen LogP contribution is -2.54. The van der Waals surface area contributed by atoms with E-state index in [1.54, 1.807) is 0 Å². The maximum atomic E-state index is 3.58. The number of piperazine rings is 1. The van der Waals surface area contributed by atoms with Crippen LogP contribution in [0.1, 0.15) is 19.4 Å². The minimum Gasteiger partial charge on any atom is -0.365 e. The molecule has 2 nitrogen and oxygen atoms in total. The van der Waals surface area contributed by atoms with Gasteiger partial charge in [-0.3, -0.25) is 0 Å². The zero-order valence-corrected chi connectivity index (χ0v) is 12.4. The molecule has 3 heteroatoms. The van der Waals surface area contributed by atoms with Crippen LogP contribution in [-0.2, 0) is 0 Å². The highest BCUT2D eigenvalue weighted by atomic mass is 79.9. The number of hydrogen-bond acceptors (Lipinski definition) is 2. The number of nitrogens with zero attached hydrogens (tertiary/aromatic N) is 1. The molecule has 0 amide bonds. The van der Waals surface area contributed by atoms with Crippen molar-refractivity contribution in [1.82, 2.24) is 5.32 Å². The van der Waals surface area contributed by atoms with E-state index in [4.69, 9.17) is 0 Å². The Morgan fingerprint density at radius 1 is 1.41 bits per heavy atom. The van der Waals surface area contributed by atoms with Crippen LogP contribution in [0.3, 0.4) is 0 Å². The summed E-state index contributed by atoms with van der Waals surface area (Å²) in [4.78, 5) is 2.56. The third-order valence-electron chi connectivity index (χ3n) is 3.53. The van der Waals surface area contributed by atoms with Crippen LogP contribution in [0, 0.1) is 12.8 Å². The Morgan fingerprint density at radius 2 is 2.18 bits per heavy atom. The maximum absolute atomic E-state index is 3.58. The van der Waals surface area contributed by atoms with Gasteiger partial charge in [0.25, 0.3) is 0 Å². The second-order valence-corrected chi connectivity index (χ2v) is 6.06. The van der Waals surface area contributed by atoms with Gasteiger partial charge in [-0.1, -0.05) is 35.8 Å². The van der Waals surface area contributed by atoms with Crippen LogP contribution in [0.25, 0.3) is 0 Å². The quantitative estimate of drug-likeness (QED) is 0.902. The Hall–Kier alpha value is -0.540. The molecule has 1 aromatic carbocycles. The summed E-state index contributed by atoms with van der Waals surface area (Å²) in [7, 11) is 0. The molecule has 0 saturated carbocycles. The second-order valence-electron chi connectivity index (χ2n) is 5.14. The van der Waals surface area contributed by atoms with Crippen molar-refractivity contribution >= 4 is 21.6 Å². The molecule has 0 spiro atoms. The number of halogens is 1. The van der Waals surface area contributed by atoms with Crippen LogP contribution in [-0.4, -0.2) is 25.7 Å². The van der Waals surface area contributed by atoms with Crippen LogP contribution >= 0.6 is 15.9 Å². The van der Waals surface area contributed by atoms with Crippen LogP contribution < -0.4 is 10.2 Å². The van der Waals surface area contributed by atoms with E-state index in [2.05, 4.69) is 65.1 Å². The van der Waals surface area contributed by atoms with E-state index < -0.39 is 0 Å². The van der Waals surface area contributed by atoms with Gasteiger partial charge >= 0.3 is 0 Å². The fourth-order valence-electron chi connectivity index (χ4n) is 2.51. The molecule has 0 bridgehead atoms. The molecule has 0 aliphatic carbocycles. The third kappa shape index (κ3) is 2.83.